The van der Waals surface area contributed by atoms with Gasteiger partial charge in [-0.05, 0) is 43.9 Å². The van der Waals surface area contributed by atoms with Crippen molar-refractivity contribution in [3.63, 3.8) is 0 Å². The Labute approximate surface area is 181 Å². The van der Waals surface area contributed by atoms with Crippen LogP contribution in [0.5, 0.6) is 0 Å². The van der Waals surface area contributed by atoms with E-state index in [0.717, 1.165) is 53.2 Å². The molecule has 0 unspecified atom stereocenters. The van der Waals surface area contributed by atoms with Gasteiger partial charge in [0.2, 0.25) is 5.91 Å². The van der Waals surface area contributed by atoms with E-state index in [1.807, 2.05) is 32.0 Å². The van der Waals surface area contributed by atoms with E-state index >= 15 is 0 Å². The highest BCUT2D eigenvalue weighted by Crippen LogP contribution is 2.28. The fraction of sp³-hybridized carbons (Fsp3) is 0.500. The zero-order valence-corrected chi connectivity index (χ0v) is 18.4. The number of urea groups is 1. The Morgan fingerprint density at radius 3 is 2.80 bits per heavy atom. The van der Waals surface area contributed by atoms with Crippen LogP contribution in [0.2, 0.25) is 0 Å². The van der Waals surface area contributed by atoms with E-state index in [1.165, 1.54) is 24.2 Å². The predicted molar refractivity (Wildman–Crippen MR) is 120 cm³/mol. The van der Waals surface area contributed by atoms with Crippen LogP contribution in [0.15, 0.2) is 18.2 Å². The van der Waals surface area contributed by atoms with Gasteiger partial charge in [-0.25, -0.2) is 9.78 Å². The van der Waals surface area contributed by atoms with E-state index in [1.54, 1.807) is 0 Å². The summed E-state index contributed by atoms with van der Waals surface area (Å²) in [5, 5.41) is 9.58. The van der Waals surface area contributed by atoms with Crippen molar-refractivity contribution in [3.05, 3.63) is 39.9 Å². The van der Waals surface area contributed by atoms with Crippen molar-refractivity contribution in [2.24, 2.45) is 0 Å². The third kappa shape index (κ3) is 5.17. The van der Waals surface area contributed by atoms with Gasteiger partial charge in [0.05, 0.1) is 12.2 Å². The Hall–Kier alpha value is -2.45. The Bertz CT molecular complexity index is 936. The molecule has 2 aromatic rings. The number of carbonyl (C=O) groups excluding carboxylic acids is 2. The Morgan fingerprint density at radius 1 is 1.20 bits per heavy atom. The summed E-state index contributed by atoms with van der Waals surface area (Å²) < 4.78 is 0. The molecule has 0 bridgehead atoms. The van der Waals surface area contributed by atoms with Crippen molar-refractivity contribution in [2.75, 3.05) is 23.7 Å². The van der Waals surface area contributed by atoms with Crippen LogP contribution in [-0.4, -0.2) is 41.0 Å². The number of nitrogens with one attached hydrogen (secondary N) is 3. The van der Waals surface area contributed by atoms with Gasteiger partial charge in [-0.2, -0.15) is 0 Å². The van der Waals surface area contributed by atoms with Gasteiger partial charge in [-0.1, -0.05) is 25.0 Å². The number of fused-ring (bicyclic) bond motifs is 1. The number of aromatic nitrogens is 1. The van der Waals surface area contributed by atoms with Gasteiger partial charge in [0.25, 0.3) is 0 Å². The summed E-state index contributed by atoms with van der Waals surface area (Å²) in [6.07, 6.45) is 5.27. The van der Waals surface area contributed by atoms with Crippen LogP contribution in [0.1, 0.15) is 47.4 Å². The molecule has 1 fully saturated rings. The van der Waals surface area contributed by atoms with Gasteiger partial charge in [-0.3, -0.25) is 15.0 Å². The number of rotatable bonds is 5. The molecule has 160 valence electrons. The molecule has 1 aliphatic heterocycles. The van der Waals surface area contributed by atoms with Crippen LogP contribution in [0.3, 0.4) is 0 Å². The SMILES string of the molecule is Cc1ccc(C)c(NC(=O)CN2CCc3nc(NC(=O)NC4CCCC4)sc3C2)c1. The fourth-order valence-electron chi connectivity index (χ4n) is 4.09. The molecule has 2 heterocycles. The summed E-state index contributed by atoms with van der Waals surface area (Å²) >= 11 is 1.50. The molecule has 7 nitrogen and oxygen atoms in total. The maximum atomic E-state index is 12.5. The van der Waals surface area contributed by atoms with Crippen LogP contribution < -0.4 is 16.0 Å². The van der Waals surface area contributed by atoms with Crippen molar-refractivity contribution in [1.29, 1.82) is 0 Å². The fourth-order valence-corrected chi connectivity index (χ4v) is 5.13. The average Bonchev–Trinajstić information content (AvgIpc) is 3.33. The number of hydrogen-bond donors (Lipinski definition) is 3. The quantitative estimate of drug-likeness (QED) is 0.677. The van der Waals surface area contributed by atoms with Gasteiger partial charge in [0, 0.05) is 36.1 Å². The number of aryl methyl sites for hydroxylation is 2. The highest BCUT2D eigenvalue weighted by Gasteiger charge is 2.24. The zero-order chi connectivity index (χ0) is 21.1. The molecule has 3 amide bonds. The molecule has 2 aliphatic rings. The zero-order valence-electron chi connectivity index (χ0n) is 17.6. The Morgan fingerprint density at radius 2 is 2.00 bits per heavy atom. The lowest BCUT2D eigenvalue weighted by Gasteiger charge is -2.25. The first-order valence-electron chi connectivity index (χ1n) is 10.6. The molecule has 0 atom stereocenters. The smallest absolute Gasteiger partial charge is 0.321 e. The van der Waals surface area contributed by atoms with Gasteiger partial charge in [0.1, 0.15) is 0 Å². The third-order valence-electron chi connectivity index (χ3n) is 5.76. The number of amides is 3. The third-order valence-corrected chi connectivity index (χ3v) is 6.75. The van der Waals surface area contributed by atoms with Crippen LogP contribution in [0, 0.1) is 13.8 Å². The minimum atomic E-state index is -0.169. The van der Waals surface area contributed by atoms with Crippen molar-refractivity contribution in [2.45, 2.75) is 58.5 Å². The summed E-state index contributed by atoms with van der Waals surface area (Å²) in [5.41, 5.74) is 4.08. The molecule has 1 saturated carbocycles. The number of anilines is 2. The largest absolute Gasteiger partial charge is 0.335 e. The minimum absolute atomic E-state index is 0.00837. The van der Waals surface area contributed by atoms with Gasteiger partial charge >= 0.3 is 6.03 Å². The number of thiazole rings is 1. The molecular formula is C22H29N5O2S. The van der Waals surface area contributed by atoms with E-state index < -0.39 is 0 Å². The summed E-state index contributed by atoms with van der Waals surface area (Å²) in [5.74, 6) is -0.00837. The molecule has 3 N–H and O–H groups in total. The number of carbonyl (C=O) groups is 2. The minimum Gasteiger partial charge on any atom is -0.335 e. The molecule has 4 rings (SSSR count). The average molecular weight is 428 g/mol. The lowest BCUT2D eigenvalue weighted by atomic mass is 10.1. The Kier molecular flexibility index (Phi) is 6.34. The lowest BCUT2D eigenvalue weighted by molar-refractivity contribution is -0.117. The first-order chi connectivity index (χ1) is 14.5. The van der Waals surface area contributed by atoms with Gasteiger partial charge < -0.3 is 10.6 Å². The first-order valence-corrected chi connectivity index (χ1v) is 11.4. The van der Waals surface area contributed by atoms with Crippen molar-refractivity contribution >= 4 is 34.1 Å². The van der Waals surface area contributed by atoms with E-state index in [-0.39, 0.29) is 18.0 Å². The van der Waals surface area contributed by atoms with E-state index in [4.69, 9.17) is 0 Å². The molecule has 8 heteroatoms. The Balaban J connectivity index is 1.30. The standard InChI is InChI=1S/C22H29N5O2S/c1-14-7-8-15(2)18(11-14)24-20(28)13-27-10-9-17-19(12-27)30-22(25-17)26-21(29)23-16-5-3-4-6-16/h7-8,11,16H,3-6,9-10,12-13H2,1-2H3,(H,24,28)(H2,23,25,26,29). The van der Waals surface area contributed by atoms with Crippen LogP contribution in [0.4, 0.5) is 15.6 Å². The number of hydrogen-bond acceptors (Lipinski definition) is 5. The van der Waals surface area contributed by atoms with Crippen molar-refractivity contribution in [3.8, 4) is 0 Å². The lowest BCUT2D eigenvalue weighted by Crippen LogP contribution is -2.36. The highest BCUT2D eigenvalue weighted by atomic mass is 32.1. The summed E-state index contributed by atoms with van der Waals surface area (Å²) in [6.45, 7) is 5.82. The summed E-state index contributed by atoms with van der Waals surface area (Å²) in [6, 6.07) is 6.18. The molecule has 1 aromatic heterocycles. The summed E-state index contributed by atoms with van der Waals surface area (Å²) in [4.78, 5) is 32.6. The number of benzene rings is 1. The van der Waals surface area contributed by atoms with Crippen molar-refractivity contribution < 1.29 is 9.59 Å². The van der Waals surface area contributed by atoms with E-state index in [0.29, 0.717) is 18.2 Å². The maximum absolute atomic E-state index is 12.5. The second-order valence-corrected chi connectivity index (χ2v) is 9.38. The molecule has 0 spiro atoms. The number of nitrogens with zero attached hydrogens (tertiary/aromatic N) is 2. The highest BCUT2D eigenvalue weighted by molar-refractivity contribution is 7.15. The maximum Gasteiger partial charge on any atom is 0.321 e. The normalized spacial score (nSPS) is 16.9. The summed E-state index contributed by atoms with van der Waals surface area (Å²) in [7, 11) is 0. The molecule has 30 heavy (non-hydrogen) atoms. The first kappa shape index (κ1) is 20.8. The monoisotopic (exact) mass is 427 g/mol. The molecular weight excluding hydrogens is 398 g/mol. The van der Waals surface area contributed by atoms with Crippen LogP contribution in [0.25, 0.3) is 0 Å². The second kappa shape index (κ2) is 9.14. The van der Waals surface area contributed by atoms with Gasteiger partial charge in [-0.15, -0.1) is 11.3 Å². The van der Waals surface area contributed by atoms with Crippen LogP contribution >= 0.6 is 11.3 Å². The van der Waals surface area contributed by atoms with E-state index in [2.05, 4.69) is 25.8 Å². The predicted octanol–water partition coefficient (Wildman–Crippen LogP) is 3.82. The van der Waals surface area contributed by atoms with Gasteiger partial charge in [0.15, 0.2) is 5.13 Å². The topological polar surface area (TPSA) is 86.4 Å². The van der Waals surface area contributed by atoms with Crippen LogP contribution in [-0.2, 0) is 17.8 Å². The molecule has 1 aromatic carbocycles. The van der Waals surface area contributed by atoms with Crippen molar-refractivity contribution in [1.82, 2.24) is 15.2 Å². The van der Waals surface area contributed by atoms with E-state index in [9.17, 15) is 9.59 Å². The molecule has 0 radical (unpaired) electrons. The molecule has 1 aliphatic carbocycles. The second-order valence-electron chi connectivity index (χ2n) is 8.30. The molecule has 0 saturated heterocycles.